The van der Waals surface area contributed by atoms with Gasteiger partial charge in [-0.1, -0.05) is 345 Å². The maximum absolute atomic E-state index is 10.2. The first-order valence-corrected chi connectivity index (χ1v) is 62.2. The first-order chi connectivity index (χ1) is 63.3. The summed E-state index contributed by atoms with van der Waals surface area (Å²) in [5.74, 6) is 0. The Morgan fingerprint density at radius 2 is 0.700 bits per heavy atom. The van der Waals surface area contributed by atoms with Crippen molar-refractivity contribution in [2.24, 2.45) is 4.30 Å². The van der Waals surface area contributed by atoms with Crippen LogP contribution in [0.1, 0.15) is 382 Å². The van der Waals surface area contributed by atoms with E-state index in [0.717, 1.165) is 29.0 Å². The summed E-state index contributed by atoms with van der Waals surface area (Å²) in [5.41, 5.74) is 6.98. The molecule has 13 rings (SSSR count). The van der Waals surface area contributed by atoms with Gasteiger partial charge in [-0.2, -0.15) is 11.3 Å². The van der Waals surface area contributed by atoms with Crippen molar-refractivity contribution in [3.63, 3.8) is 0 Å². The number of thiophene rings is 9. The van der Waals surface area contributed by atoms with E-state index in [9.17, 15) is 14.8 Å². The Bertz CT molecular complexity index is 4580. The molecule has 0 amide bonds. The number of hydrogen-bond acceptors (Lipinski definition) is 20. The van der Waals surface area contributed by atoms with E-state index >= 15 is 0 Å². The molecule has 0 spiro atoms. The zero-order valence-corrected chi connectivity index (χ0v) is 96.1. The molecule has 130 heavy (non-hydrogen) atoms. The molecule has 11 aromatic rings. The predicted octanol–water partition coefficient (Wildman–Crippen LogP) is 38.2. The van der Waals surface area contributed by atoms with Crippen molar-refractivity contribution < 1.29 is 24.9 Å². The molecular formula is C102H144B3Br5N3O5S12. The Hall–Kier alpha value is -1.19. The van der Waals surface area contributed by atoms with E-state index in [2.05, 4.69) is 235 Å². The van der Waals surface area contributed by atoms with E-state index in [0.29, 0.717) is 9.55 Å². The summed E-state index contributed by atoms with van der Waals surface area (Å²) in [4.78, 5) is 36.2. The third kappa shape index (κ3) is 40.1. The van der Waals surface area contributed by atoms with Crippen molar-refractivity contribution >= 4 is 255 Å². The molecule has 11 aromatic heterocycles. The van der Waals surface area contributed by atoms with Gasteiger partial charge in [0.15, 0.2) is 0 Å². The Balaban J connectivity index is 0.000000226. The van der Waals surface area contributed by atoms with Crippen LogP contribution >= 0.6 is 217 Å². The monoisotopic (exact) mass is 2300 g/mol. The molecule has 0 aliphatic heterocycles. The molecule has 0 fully saturated rings. The molecule has 8 nitrogen and oxygen atoms in total. The van der Waals surface area contributed by atoms with Crippen LogP contribution in [0.5, 0.6) is 0 Å². The SMILES string of the molecule is CCCCCCCC(Br)C=O.CCCCCCCCC1(CCCCCCCC)c2cc(-c3ccc(Br)s3)sc2-c2sc(-c3ccc(Br)s3)cc21.CCCCCCCCC1(CCCCCCCC)c2cc(Br)sc2-c2sc(Br)cc21.CCCCCCCCCCc1cnc(-c2ccc(B(O)O)s2)s1.CCCCCCCc1cnc(-c2cccs2)s1.OB(O)c1cccs1.[B]=NS. The molecule has 1 atom stereocenters. The molecule has 713 valence electrons. The fourth-order valence-electron chi connectivity index (χ4n) is 17.0. The van der Waals surface area contributed by atoms with Gasteiger partial charge in [-0.15, -0.1) is 113 Å². The number of carbonyl (C=O) groups is 1. The van der Waals surface area contributed by atoms with Crippen LogP contribution in [0, 0.1) is 0 Å². The molecule has 4 N–H and O–H groups in total. The van der Waals surface area contributed by atoms with Gasteiger partial charge in [-0.3, -0.25) is 0 Å². The van der Waals surface area contributed by atoms with Crippen molar-refractivity contribution in [2.75, 3.05) is 0 Å². The zero-order valence-electron chi connectivity index (χ0n) is 78.3. The summed E-state index contributed by atoms with van der Waals surface area (Å²) in [6.45, 7) is 16.0. The van der Waals surface area contributed by atoms with Crippen LogP contribution in [-0.2, 0) is 28.5 Å². The standard InChI is InChI=1S/C33H40Br2S4.C25H36Br2S2.C17H26BNO2S2.C14H19NS2.C9H17BrO.C4H5BO2S.BHNS/c1-3-5-7-9-11-13-19-33(20-14-12-10-8-6-4-2)23-21-27(25-15-17-29(34)36-25)38-31(23)32-24(33)22-28(39-32)26-16-18-30(35)37-26;1-3-5-7-9-11-13-15-25(16-14-12-10-8-6-4-2)19-17-21(26)28-23(19)24-20(25)18-22(27)29-24;1-2-3-4-5-6-7-8-9-10-14-13-19-17(22-14)15-11-12-16(23-15)18(20)21;1-2-3-4-5-6-8-12-11-15-14(17-12)13-9-7-10-16-13;1-2-3-4-5-6-7-9(10)8-11;6-5(7)4-2-1-3-8-4;1-2-3/h15-18,21-22H,3-14,19-20H2,1-2H3;17-18H,3-16H2,1-2H3;11-13,20-21H,2-10H2,1H3;7,9-11H,2-6,8H2,1H3;8-9H,2-7H2,1H3;1-3,6-7H;3H. The van der Waals surface area contributed by atoms with Crippen LogP contribution in [0.15, 0.2) is 128 Å². The van der Waals surface area contributed by atoms with Gasteiger partial charge in [0.1, 0.15) is 16.3 Å². The van der Waals surface area contributed by atoms with E-state index in [4.69, 9.17) is 10.0 Å². The number of aldehydes is 1. The van der Waals surface area contributed by atoms with Crippen LogP contribution in [-0.4, -0.2) is 63.1 Å². The number of aryl methyl sites for hydroxylation is 2. The molecule has 2 aliphatic carbocycles. The molecule has 1 unspecified atom stereocenters. The van der Waals surface area contributed by atoms with Gasteiger partial charge in [-0.25, -0.2) is 9.97 Å². The molecule has 2 aliphatic rings. The van der Waals surface area contributed by atoms with E-state index in [1.807, 2.05) is 91.6 Å². The summed E-state index contributed by atoms with van der Waals surface area (Å²) in [7, 11) is 1.66. The number of rotatable bonds is 56. The van der Waals surface area contributed by atoms with Crippen molar-refractivity contribution in [1.82, 2.24) is 9.97 Å². The summed E-state index contributed by atoms with van der Waals surface area (Å²) in [6.07, 6.45) is 70.3. The van der Waals surface area contributed by atoms with E-state index < -0.39 is 14.2 Å². The number of halogens is 5. The van der Waals surface area contributed by atoms with Crippen LogP contribution in [0.4, 0.5) is 0 Å². The van der Waals surface area contributed by atoms with Crippen LogP contribution < -0.4 is 9.55 Å². The van der Waals surface area contributed by atoms with Gasteiger partial charge in [0.05, 0.1) is 29.7 Å². The zero-order chi connectivity index (χ0) is 93.6. The Kier molecular flexibility index (Phi) is 60.6. The summed E-state index contributed by atoms with van der Waals surface area (Å²) >= 11 is 41.3. The number of thiazole rings is 2. The third-order valence-electron chi connectivity index (χ3n) is 24.1. The number of aromatic nitrogens is 2. The van der Waals surface area contributed by atoms with E-state index in [1.54, 1.807) is 88.0 Å². The molecule has 0 aromatic carbocycles. The summed E-state index contributed by atoms with van der Waals surface area (Å²) < 4.78 is 8.89. The molecule has 0 saturated carbocycles. The first-order valence-electron chi connectivity index (χ1n) is 48.6. The van der Waals surface area contributed by atoms with E-state index in [1.165, 1.54) is 379 Å². The fraction of sp³-hybridized carbons (Fsp3) is 0.578. The van der Waals surface area contributed by atoms with Crippen molar-refractivity contribution in [3.05, 3.63) is 155 Å². The van der Waals surface area contributed by atoms with Gasteiger partial charge in [-0.05, 0) is 215 Å². The number of carbonyl (C=O) groups excluding carboxylic acids is 1. The molecule has 28 heteroatoms. The predicted molar refractivity (Wildman–Crippen MR) is 609 cm³/mol. The topological polar surface area (TPSA) is 136 Å². The second-order valence-electron chi connectivity index (χ2n) is 34.3. The molecule has 1 radical (unpaired) electrons. The summed E-state index contributed by atoms with van der Waals surface area (Å²) in [5, 5.41) is 41.4. The van der Waals surface area contributed by atoms with Crippen LogP contribution in [0.2, 0.25) is 0 Å². The van der Waals surface area contributed by atoms with Crippen molar-refractivity contribution in [3.8, 4) is 58.8 Å². The quantitative estimate of drug-likeness (QED) is 0.00842. The van der Waals surface area contributed by atoms with Crippen LogP contribution in [0.25, 0.3) is 58.8 Å². The summed E-state index contributed by atoms with van der Waals surface area (Å²) in [6, 6.07) is 30.5. The molecule has 0 saturated heterocycles. The second kappa shape index (κ2) is 68.0. The number of alkyl halides is 1. The Morgan fingerprint density at radius 3 is 1.02 bits per heavy atom. The number of fused-ring (bicyclic) bond motifs is 6. The fourth-order valence-corrected chi connectivity index (χ4v) is 30.8. The average molecular weight is 2310 g/mol. The number of unbranched alkanes of at least 4 members (excludes halogenated alkanes) is 35. The van der Waals surface area contributed by atoms with Gasteiger partial charge in [0, 0.05) is 81.5 Å². The van der Waals surface area contributed by atoms with Crippen molar-refractivity contribution in [2.45, 2.75) is 379 Å². The molecule has 0 bridgehead atoms. The normalized spacial score (nSPS) is 12.5. The van der Waals surface area contributed by atoms with Gasteiger partial charge >= 0.3 is 39.0 Å². The Morgan fingerprint density at radius 1 is 0.369 bits per heavy atom. The number of hydrogen-bond donors (Lipinski definition) is 5. The molecule has 11 heterocycles. The van der Waals surface area contributed by atoms with Crippen LogP contribution in [0.3, 0.4) is 0 Å². The molecular weight excluding hydrogens is 2160 g/mol. The van der Waals surface area contributed by atoms with Gasteiger partial charge in [0.25, 0.3) is 0 Å². The minimum absolute atomic E-state index is 0.0872. The third-order valence-corrected chi connectivity index (χ3v) is 39.6. The van der Waals surface area contributed by atoms with Gasteiger partial charge in [0.2, 0.25) is 0 Å². The number of thiol groups is 1. The van der Waals surface area contributed by atoms with Crippen molar-refractivity contribution in [1.29, 1.82) is 0 Å². The number of nitrogens with zero attached hydrogens (tertiary/aromatic N) is 3. The van der Waals surface area contributed by atoms with E-state index in [-0.39, 0.29) is 15.7 Å². The Labute approximate surface area is 876 Å². The maximum atomic E-state index is 10.2. The minimum atomic E-state index is -1.38. The first kappa shape index (κ1) is 116. The second-order valence-corrected chi connectivity index (χ2v) is 52.9. The average Bonchev–Trinajstić information content (AvgIpc) is 1.53. The van der Waals surface area contributed by atoms with Gasteiger partial charge < -0.3 is 24.9 Å².